The van der Waals surface area contributed by atoms with Crippen molar-refractivity contribution in [1.29, 1.82) is 0 Å². The standard InChI is InChI=1S/C10H14F4N4O2/c1-6(8-15-5-16-18(8)2)17-7(19)3-20-4-10(13,14)9(11)12/h5-6,9H,3-4H2,1-2H3,(H,17,19)/t6-/m0/s1. The van der Waals surface area contributed by atoms with Crippen LogP contribution in [0, 0.1) is 0 Å². The van der Waals surface area contributed by atoms with Gasteiger partial charge in [-0.2, -0.15) is 13.9 Å². The Morgan fingerprint density at radius 2 is 2.20 bits per heavy atom. The molecule has 6 nitrogen and oxygen atoms in total. The SMILES string of the molecule is C[C@H](NC(=O)COCC(F)(F)C(F)F)c1ncnn1C. The molecule has 1 atom stereocenters. The molecule has 0 aliphatic carbocycles. The summed E-state index contributed by atoms with van der Waals surface area (Å²) in [7, 11) is 1.62. The maximum absolute atomic E-state index is 12.5. The third-order valence-corrected chi connectivity index (χ3v) is 2.36. The van der Waals surface area contributed by atoms with Crippen molar-refractivity contribution in [2.45, 2.75) is 25.3 Å². The molecule has 0 aromatic carbocycles. The molecule has 0 radical (unpaired) electrons. The smallest absolute Gasteiger partial charge is 0.330 e. The Morgan fingerprint density at radius 1 is 1.55 bits per heavy atom. The lowest BCUT2D eigenvalue weighted by atomic mass is 10.3. The lowest BCUT2D eigenvalue weighted by Gasteiger charge is -2.16. The zero-order chi connectivity index (χ0) is 15.3. The van der Waals surface area contributed by atoms with Crippen LogP contribution < -0.4 is 5.32 Å². The van der Waals surface area contributed by atoms with Crippen molar-refractivity contribution in [3.63, 3.8) is 0 Å². The van der Waals surface area contributed by atoms with E-state index in [2.05, 4.69) is 20.1 Å². The van der Waals surface area contributed by atoms with Gasteiger partial charge in [-0.3, -0.25) is 9.48 Å². The Labute approximate surface area is 112 Å². The summed E-state index contributed by atoms with van der Waals surface area (Å²) in [6.07, 6.45) is -2.54. The van der Waals surface area contributed by atoms with Crippen LogP contribution in [0.2, 0.25) is 0 Å². The highest BCUT2D eigenvalue weighted by Crippen LogP contribution is 2.22. The number of carbonyl (C=O) groups excluding carboxylic acids is 1. The van der Waals surface area contributed by atoms with Gasteiger partial charge in [-0.25, -0.2) is 13.8 Å². The van der Waals surface area contributed by atoms with E-state index in [0.717, 1.165) is 0 Å². The molecular weight excluding hydrogens is 284 g/mol. The molecule has 0 aliphatic heterocycles. The van der Waals surface area contributed by atoms with Crippen molar-refractivity contribution in [3.05, 3.63) is 12.2 Å². The van der Waals surface area contributed by atoms with Crippen LogP contribution in [-0.2, 0) is 16.6 Å². The zero-order valence-corrected chi connectivity index (χ0v) is 10.8. The zero-order valence-electron chi connectivity index (χ0n) is 10.8. The highest BCUT2D eigenvalue weighted by molar-refractivity contribution is 5.77. The van der Waals surface area contributed by atoms with E-state index in [9.17, 15) is 22.4 Å². The molecule has 0 spiro atoms. The lowest BCUT2D eigenvalue weighted by Crippen LogP contribution is -2.36. The minimum atomic E-state index is -4.27. The van der Waals surface area contributed by atoms with Gasteiger partial charge < -0.3 is 10.1 Å². The Morgan fingerprint density at radius 3 is 2.70 bits per heavy atom. The summed E-state index contributed by atoms with van der Waals surface area (Å²) in [4.78, 5) is 15.3. The van der Waals surface area contributed by atoms with E-state index in [1.807, 2.05) is 0 Å². The summed E-state index contributed by atoms with van der Waals surface area (Å²) >= 11 is 0. The van der Waals surface area contributed by atoms with Crippen LogP contribution in [-0.4, -0.2) is 46.2 Å². The minimum Gasteiger partial charge on any atom is -0.365 e. The maximum atomic E-state index is 12.5. The van der Waals surface area contributed by atoms with Crippen LogP contribution >= 0.6 is 0 Å². The van der Waals surface area contributed by atoms with Crippen molar-refractivity contribution < 1.29 is 27.1 Å². The lowest BCUT2D eigenvalue weighted by molar-refractivity contribution is -0.168. The second-order valence-electron chi connectivity index (χ2n) is 4.09. The number of rotatable bonds is 7. The molecule has 10 heteroatoms. The highest BCUT2D eigenvalue weighted by atomic mass is 19.3. The van der Waals surface area contributed by atoms with E-state index in [0.29, 0.717) is 5.82 Å². The quantitative estimate of drug-likeness (QED) is 0.760. The van der Waals surface area contributed by atoms with Gasteiger partial charge in [0.25, 0.3) is 0 Å². The molecule has 1 N–H and O–H groups in total. The number of carbonyl (C=O) groups is 1. The summed E-state index contributed by atoms with van der Waals surface area (Å²) in [5, 5.41) is 6.22. The number of alkyl halides is 4. The summed E-state index contributed by atoms with van der Waals surface area (Å²) in [5.41, 5.74) is 0. The van der Waals surface area contributed by atoms with Gasteiger partial charge >= 0.3 is 12.3 Å². The van der Waals surface area contributed by atoms with E-state index in [-0.39, 0.29) is 0 Å². The second-order valence-corrected chi connectivity index (χ2v) is 4.09. The molecule has 1 aromatic heterocycles. The molecule has 114 valence electrons. The van der Waals surface area contributed by atoms with Gasteiger partial charge in [0.1, 0.15) is 25.4 Å². The molecule has 0 unspecified atom stereocenters. The monoisotopic (exact) mass is 298 g/mol. The Hall–Kier alpha value is -1.71. The fourth-order valence-corrected chi connectivity index (χ4v) is 1.39. The summed E-state index contributed by atoms with van der Waals surface area (Å²) < 4.78 is 54.4. The fraction of sp³-hybridized carbons (Fsp3) is 0.700. The molecule has 0 saturated carbocycles. The van der Waals surface area contributed by atoms with Gasteiger partial charge in [0.2, 0.25) is 5.91 Å². The normalized spacial score (nSPS) is 13.6. The molecule has 1 rings (SSSR count). The average molecular weight is 298 g/mol. The predicted octanol–water partition coefficient (Wildman–Crippen LogP) is 0.909. The van der Waals surface area contributed by atoms with E-state index in [1.54, 1.807) is 14.0 Å². The Kier molecular flexibility index (Phi) is 5.43. The topological polar surface area (TPSA) is 69.0 Å². The molecule has 0 fully saturated rings. The molecule has 20 heavy (non-hydrogen) atoms. The largest absolute Gasteiger partial charge is 0.365 e. The first-order valence-corrected chi connectivity index (χ1v) is 5.61. The van der Waals surface area contributed by atoms with Gasteiger partial charge in [-0.1, -0.05) is 0 Å². The first-order valence-electron chi connectivity index (χ1n) is 5.61. The third-order valence-electron chi connectivity index (χ3n) is 2.36. The summed E-state index contributed by atoms with van der Waals surface area (Å²) in [5.74, 6) is -4.53. The van der Waals surface area contributed by atoms with Gasteiger partial charge in [-0.15, -0.1) is 0 Å². The number of amides is 1. The van der Waals surface area contributed by atoms with Crippen LogP contribution in [0.3, 0.4) is 0 Å². The van der Waals surface area contributed by atoms with E-state index in [4.69, 9.17) is 0 Å². The summed E-state index contributed by atoms with van der Waals surface area (Å²) in [6.45, 7) is -0.656. The Bertz CT molecular complexity index is 452. The first kappa shape index (κ1) is 16.3. The summed E-state index contributed by atoms with van der Waals surface area (Å²) in [6, 6.07) is -0.519. The van der Waals surface area contributed by atoms with Crippen LogP contribution in [0.1, 0.15) is 18.8 Å². The van der Waals surface area contributed by atoms with Crippen molar-refractivity contribution in [2.75, 3.05) is 13.2 Å². The van der Waals surface area contributed by atoms with Crippen molar-refractivity contribution in [3.8, 4) is 0 Å². The molecule has 0 saturated heterocycles. The van der Waals surface area contributed by atoms with E-state index >= 15 is 0 Å². The average Bonchev–Trinajstić information content (AvgIpc) is 2.74. The maximum Gasteiger partial charge on any atom is 0.330 e. The van der Waals surface area contributed by atoms with Gasteiger partial charge in [0.05, 0.1) is 6.04 Å². The van der Waals surface area contributed by atoms with Crippen LogP contribution in [0.25, 0.3) is 0 Å². The second kappa shape index (κ2) is 6.64. The number of hydrogen-bond donors (Lipinski definition) is 1. The molecular formula is C10H14F4N4O2. The van der Waals surface area contributed by atoms with Crippen LogP contribution in [0.5, 0.6) is 0 Å². The number of aromatic nitrogens is 3. The van der Waals surface area contributed by atoms with E-state index < -0.39 is 37.5 Å². The number of halogens is 4. The van der Waals surface area contributed by atoms with Gasteiger partial charge in [0, 0.05) is 7.05 Å². The molecule has 1 aromatic rings. The van der Waals surface area contributed by atoms with Crippen molar-refractivity contribution in [2.24, 2.45) is 7.05 Å². The van der Waals surface area contributed by atoms with E-state index in [1.165, 1.54) is 11.0 Å². The van der Waals surface area contributed by atoms with Gasteiger partial charge in [0.15, 0.2) is 0 Å². The highest BCUT2D eigenvalue weighted by Gasteiger charge is 2.41. The van der Waals surface area contributed by atoms with Gasteiger partial charge in [-0.05, 0) is 6.92 Å². The molecule has 1 amide bonds. The first-order chi connectivity index (χ1) is 9.24. The third kappa shape index (κ3) is 4.44. The predicted molar refractivity (Wildman–Crippen MR) is 59.3 cm³/mol. The molecule has 0 bridgehead atoms. The fourth-order valence-electron chi connectivity index (χ4n) is 1.39. The number of hydrogen-bond acceptors (Lipinski definition) is 4. The number of nitrogens with one attached hydrogen (secondary N) is 1. The van der Waals surface area contributed by atoms with Crippen LogP contribution in [0.4, 0.5) is 17.6 Å². The van der Waals surface area contributed by atoms with Crippen LogP contribution in [0.15, 0.2) is 6.33 Å². The Balaban J connectivity index is 2.36. The number of aryl methyl sites for hydroxylation is 1. The molecule has 1 heterocycles. The number of ether oxygens (including phenoxy) is 1. The number of nitrogens with zero attached hydrogens (tertiary/aromatic N) is 3. The van der Waals surface area contributed by atoms with Crippen molar-refractivity contribution in [1.82, 2.24) is 20.1 Å². The van der Waals surface area contributed by atoms with Crippen molar-refractivity contribution >= 4 is 5.91 Å². The minimum absolute atomic E-state index is 0.455. The molecule has 0 aliphatic rings.